The van der Waals surface area contributed by atoms with Gasteiger partial charge in [0.25, 0.3) is 0 Å². The van der Waals surface area contributed by atoms with Crippen LogP contribution in [0.25, 0.3) is 0 Å². The van der Waals surface area contributed by atoms with Gasteiger partial charge in [0.05, 0.1) is 13.7 Å². The molecule has 1 aliphatic heterocycles. The number of aliphatic imine (C=N–C) groups is 1. The van der Waals surface area contributed by atoms with Crippen molar-refractivity contribution < 1.29 is 24.1 Å². The molecule has 3 N–H and O–H groups in total. The lowest BCUT2D eigenvalue weighted by Crippen LogP contribution is -2.26. The number of carbonyl (C=O) groups is 1. The van der Waals surface area contributed by atoms with Crippen molar-refractivity contribution in [2.45, 2.75) is 32.0 Å². The summed E-state index contributed by atoms with van der Waals surface area (Å²) >= 11 is 0. The number of hydrogen-bond donors (Lipinski definition) is 2. The van der Waals surface area contributed by atoms with E-state index in [0.29, 0.717) is 31.2 Å². The van der Waals surface area contributed by atoms with E-state index in [9.17, 15) is 4.79 Å². The maximum Gasteiger partial charge on any atom is 0.335 e. The number of rotatable bonds is 8. The SMILES string of the molecule is COC(=O)C1N=C(c2ccc(OCCCO)cc2)OC1c1ccccc1CN.Cc1ccccc1. The van der Waals surface area contributed by atoms with E-state index in [1.165, 1.54) is 12.7 Å². The molecule has 2 unspecified atom stereocenters. The summed E-state index contributed by atoms with van der Waals surface area (Å²) in [6.45, 7) is 2.94. The molecule has 0 bridgehead atoms. The van der Waals surface area contributed by atoms with Crippen LogP contribution in [0.3, 0.4) is 0 Å². The monoisotopic (exact) mass is 476 g/mol. The van der Waals surface area contributed by atoms with Crippen LogP contribution in [0.1, 0.15) is 34.8 Å². The van der Waals surface area contributed by atoms with Gasteiger partial charge in [-0.05, 0) is 42.3 Å². The number of ether oxygens (including phenoxy) is 3. The summed E-state index contributed by atoms with van der Waals surface area (Å²) in [6, 6.07) is 24.3. The van der Waals surface area contributed by atoms with E-state index < -0.39 is 18.1 Å². The Morgan fingerprint density at radius 1 is 1.03 bits per heavy atom. The molecule has 7 nitrogen and oxygen atoms in total. The van der Waals surface area contributed by atoms with Crippen molar-refractivity contribution in [3.8, 4) is 5.75 Å². The van der Waals surface area contributed by atoms with Gasteiger partial charge in [0.2, 0.25) is 5.90 Å². The third-order valence-corrected chi connectivity index (χ3v) is 5.42. The summed E-state index contributed by atoms with van der Waals surface area (Å²) in [4.78, 5) is 16.8. The highest BCUT2D eigenvalue weighted by Crippen LogP contribution is 2.34. The molecule has 4 rings (SSSR count). The lowest BCUT2D eigenvalue weighted by molar-refractivity contribution is -0.143. The molecule has 1 aliphatic rings. The topological polar surface area (TPSA) is 103 Å². The van der Waals surface area contributed by atoms with Crippen LogP contribution in [-0.2, 0) is 20.8 Å². The van der Waals surface area contributed by atoms with E-state index >= 15 is 0 Å². The van der Waals surface area contributed by atoms with Gasteiger partial charge in [-0.2, -0.15) is 0 Å². The van der Waals surface area contributed by atoms with Gasteiger partial charge in [-0.1, -0.05) is 60.2 Å². The number of aryl methyl sites for hydroxylation is 1. The van der Waals surface area contributed by atoms with Crippen molar-refractivity contribution in [1.82, 2.24) is 0 Å². The summed E-state index contributed by atoms with van der Waals surface area (Å²) < 4.78 is 16.5. The van der Waals surface area contributed by atoms with Crippen molar-refractivity contribution in [3.05, 3.63) is 101 Å². The molecule has 0 fully saturated rings. The second-order valence-corrected chi connectivity index (χ2v) is 7.95. The zero-order valence-corrected chi connectivity index (χ0v) is 20.1. The van der Waals surface area contributed by atoms with Crippen LogP contribution in [0.15, 0.2) is 83.9 Å². The number of methoxy groups -OCH3 is 1. The van der Waals surface area contributed by atoms with Crippen molar-refractivity contribution in [3.63, 3.8) is 0 Å². The van der Waals surface area contributed by atoms with Gasteiger partial charge in [0.1, 0.15) is 5.75 Å². The van der Waals surface area contributed by atoms with E-state index in [1.807, 2.05) is 54.6 Å². The minimum absolute atomic E-state index is 0.0866. The van der Waals surface area contributed by atoms with Crippen molar-refractivity contribution >= 4 is 11.9 Å². The zero-order valence-electron chi connectivity index (χ0n) is 20.1. The Morgan fingerprint density at radius 3 is 2.31 bits per heavy atom. The molecule has 0 saturated heterocycles. The third kappa shape index (κ3) is 7.15. The minimum atomic E-state index is -0.798. The lowest BCUT2D eigenvalue weighted by atomic mass is 9.97. The van der Waals surface area contributed by atoms with Crippen LogP contribution in [-0.4, -0.2) is 43.3 Å². The average molecular weight is 477 g/mol. The maximum absolute atomic E-state index is 12.3. The Bertz CT molecular complexity index is 1100. The highest BCUT2D eigenvalue weighted by Gasteiger charge is 2.39. The molecule has 0 spiro atoms. The largest absolute Gasteiger partial charge is 0.494 e. The molecule has 7 heteroatoms. The predicted molar refractivity (Wildman–Crippen MR) is 135 cm³/mol. The first kappa shape index (κ1) is 25.9. The molecule has 3 aromatic rings. The Kier molecular flexibility index (Phi) is 9.83. The molecule has 3 aromatic carbocycles. The summed E-state index contributed by atoms with van der Waals surface area (Å²) in [6.07, 6.45) is -0.0247. The quantitative estimate of drug-likeness (QED) is 0.377. The summed E-state index contributed by atoms with van der Waals surface area (Å²) in [5.41, 5.74) is 9.62. The smallest absolute Gasteiger partial charge is 0.335 e. The zero-order chi connectivity index (χ0) is 25.0. The number of nitrogens with two attached hydrogens (primary N) is 1. The number of nitrogens with zero attached hydrogens (tertiary/aromatic N) is 1. The molecule has 1 heterocycles. The Labute approximate surface area is 206 Å². The number of esters is 1. The summed E-state index contributed by atoms with van der Waals surface area (Å²) in [5.74, 6) is 0.593. The van der Waals surface area contributed by atoms with E-state index in [4.69, 9.17) is 25.1 Å². The van der Waals surface area contributed by atoms with E-state index in [-0.39, 0.29) is 6.61 Å². The maximum atomic E-state index is 12.3. The number of aliphatic hydroxyl groups excluding tert-OH is 1. The number of benzene rings is 3. The Hall–Kier alpha value is -3.68. The molecule has 0 saturated carbocycles. The highest BCUT2D eigenvalue weighted by molar-refractivity contribution is 5.98. The van der Waals surface area contributed by atoms with Crippen molar-refractivity contribution in [2.75, 3.05) is 20.3 Å². The lowest BCUT2D eigenvalue weighted by Gasteiger charge is -2.19. The van der Waals surface area contributed by atoms with Crippen molar-refractivity contribution in [1.29, 1.82) is 0 Å². The number of carbonyl (C=O) groups excluding carboxylic acids is 1. The predicted octanol–water partition coefficient (Wildman–Crippen LogP) is 3.96. The van der Waals surface area contributed by atoms with Gasteiger partial charge in [-0.25, -0.2) is 9.79 Å². The average Bonchev–Trinajstić information content (AvgIpc) is 3.35. The van der Waals surface area contributed by atoms with Gasteiger partial charge in [0, 0.05) is 25.1 Å². The van der Waals surface area contributed by atoms with Crippen LogP contribution in [0.4, 0.5) is 0 Å². The summed E-state index contributed by atoms with van der Waals surface area (Å²) in [7, 11) is 1.33. The molecule has 184 valence electrons. The molecular formula is C28H32N2O5. The molecule has 0 aliphatic carbocycles. The van der Waals surface area contributed by atoms with Gasteiger partial charge in [-0.3, -0.25) is 0 Å². The van der Waals surface area contributed by atoms with Crippen molar-refractivity contribution in [2.24, 2.45) is 10.7 Å². The second-order valence-electron chi connectivity index (χ2n) is 7.95. The standard InChI is InChI=1S/C21H24N2O5.C7H8/c1-26-21(25)18-19(17-6-3-2-5-15(17)13-22)28-20(23-18)14-7-9-16(10-8-14)27-12-4-11-24;1-7-5-3-2-4-6-7/h2-3,5-10,18-19,24H,4,11-13,22H2,1H3;2-6H,1H3. The first-order valence-corrected chi connectivity index (χ1v) is 11.5. The molecular weight excluding hydrogens is 444 g/mol. The fourth-order valence-corrected chi connectivity index (χ4v) is 3.56. The molecule has 0 aromatic heterocycles. The van der Waals surface area contributed by atoms with Crippen LogP contribution >= 0.6 is 0 Å². The third-order valence-electron chi connectivity index (χ3n) is 5.42. The Balaban J connectivity index is 0.000000420. The van der Waals surface area contributed by atoms with Crippen LogP contribution in [0.2, 0.25) is 0 Å². The molecule has 0 radical (unpaired) electrons. The van der Waals surface area contributed by atoms with E-state index in [0.717, 1.165) is 16.7 Å². The van der Waals surface area contributed by atoms with Crippen LogP contribution < -0.4 is 10.5 Å². The van der Waals surface area contributed by atoms with Crippen LogP contribution in [0.5, 0.6) is 5.75 Å². The fraction of sp³-hybridized carbons (Fsp3) is 0.286. The first-order chi connectivity index (χ1) is 17.1. The fourth-order valence-electron chi connectivity index (χ4n) is 3.56. The molecule has 2 atom stereocenters. The van der Waals surface area contributed by atoms with E-state index in [1.54, 1.807) is 12.1 Å². The highest BCUT2D eigenvalue weighted by atomic mass is 16.5. The van der Waals surface area contributed by atoms with E-state index in [2.05, 4.69) is 24.0 Å². The van der Waals surface area contributed by atoms with Gasteiger partial charge in [0.15, 0.2) is 12.1 Å². The number of hydrogen-bond acceptors (Lipinski definition) is 7. The normalized spacial score (nSPS) is 16.4. The summed E-state index contributed by atoms with van der Waals surface area (Å²) in [5, 5.41) is 8.82. The van der Waals surface area contributed by atoms with Gasteiger partial charge in [-0.15, -0.1) is 0 Å². The first-order valence-electron chi connectivity index (χ1n) is 11.5. The van der Waals surface area contributed by atoms with Crippen LogP contribution in [0, 0.1) is 6.92 Å². The Morgan fingerprint density at radius 2 is 1.71 bits per heavy atom. The second kappa shape index (κ2) is 13.3. The minimum Gasteiger partial charge on any atom is -0.494 e. The van der Waals surface area contributed by atoms with Gasteiger partial charge < -0.3 is 25.1 Å². The van der Waals surface area contributed by atoms with Gasteiger partial charge >= 0.3 is 5.97 Å². The molecule has 0 amide bonds. The number of aliphatic hydroxyl groups is 1. The molecule has 35 heavy (non-hydrogen) atoms.